The highest BCUT2D eigenvalue weighted by atomic mass is 19.1. The van der Waals surface area contributed by atoms with Crippen molar-refractivity contribution in [2.45, 2.75) is 32.4 Å². The molecule has 1 aromatic carbocycles. The van der Waals surface area contributed by atoms with E-state index < -0.39 is 10.7 Å². The topological polar surface area (TPSA) is 55.6 Å². The van der Waals surface area contributed by atoms with Crippen molar-refractivity contribution in [2.24, 2.45) is 11.3 Å². The first-order valence-corrected chi connectivity index (χ1v) is 7.12. The van der Waals surface area contributed by atoms with Crippen LogP contribution in [0.2, 0.25) is 0 Å². The van der Waals surface area contributed by atoms with E-state index in [0.717, 1.165) is 19.1 Å². The molecule has 3 rings (SSSR count). The highest BCUT2D eigenvalue weighted by molar-refractivity contribution is 5.54. The Kier molecular flexibility index (Phi) is 3.16. The summed E-state index contributed by atoms with van der Waals surface area (Å²) in [5, 5.41) is 10.7. The Hall–Kier alpha value is -1.69. The molecule has 114 valence electrons. The second kappa shape index (κ2) is 4.66. The third-order valence-corrected chi connectivity index (χ3v) is 4.98. The van der Waals surface area contributed by atoms with E-state index in [1.54, 1.807) is 0 Å². The van der Waals surface area contributed by atoms with Crippen molar-refractivity contribution in [2.75, 3.05) is 18.6 Å². The van der Waals surface area contributed by atoms with E-state index in [9.17, 15) is 14.5 Å². The van der Waals surface area contributed by atoms with Gasteiger partial charge in [0.05, 0.1) is 22.8 Å². The standard InChI is InChI=1S/C15H19FN2O3/c1-15(2)13(10-6-7-21-14(10)15)17(3)12-5-4-9(18(19)20)8-11(12)16/h4-5,8,10,13-14H,6-7H2,1-3H3. The summed E-state index contributed by atoms with van der Waals surface area (Å²) in [4.78, 5) is 12.0. The molecule has 3 atom stereocenters. The summed E-state index contributed by atoms with van der Waals surface area (Å²) < 4.78 is 20.0. The molecule has 1 aromatic rings. The summed E-state index contributed by atoms with van der Waals surface area (Å²) >= 11 is 0. The van der Waals surface area contributed by atoms with Crippen molar-refractivity contribution >= 4 is 11.4 Å². The zero-order valence-corrected chi connectivity index (χ0v) is 12.4. The molecule has 3 unspecified atom stereocenters. The number of fused-ring (bicyclic) bond motifs is 1. The molecule has 1 aliphatic heterocycles. The van der Waals surface area contributed by atoms with Gasteiger partial charge in [-0.2, -0.15) is 0 Å². The highest BCUT2D eigenvalue weighted by Gasteiger charge is 2.61. The van der Waals surface area contributed by atoms with Gasteiger partial charge in [0.2, 0.25) is 0 Å². The van der Waals surface area contributed by atoms with E-state index in [1.165, 1.54) is 12.1 Å². The smallest absolute Gasteiger partial charge is 0.272 e. The molecule has 21 heavy (non-hydrogen) atoms. The van der Waals surface area contributed by atoms with Gasteiger partial charge in [-0.15, -0.1) is 0 Å². The number of nitro benzene ring substituents is 1. The van der Waals surface area contributed by atoms with Crippen molar-refractivity contribution in [3.63, 3.8) is 0 Å². The van der Waals surface area contributed by atoms with Crippen LogP contribution in [0.3, 0.4) is 0 Å². The predicted molar refractivity (Wildman–Crippen MR) is 76.9 cm³/mol. The first-order valence-electron chi connectivity index (χ1n) is 7.12. The summed E-state index contributed by atoms with van der Waals surface area (Å²) in [5.41, 5.74) is 0.132. The summed E-state index contributed by atoms with van der Waals surface area (Å²) in [6, 6.07) is 4.01. The molecule has 1 saturated heterocycles. The molecule has 0 spiro atoms. The van der Waals surface area contributed by atoms with E-state index in [-0.39, 0.29) is 23.2 Å². The number of nitrogens with zero attached hydrogens (tertiary/aromatic N) is 2. The van der Waals surface area contributed by atoms with Crippen LogP contribution in [0.5, 0.6) is 0 Å². The van der Waals surface area contributed by atoms with E-state index >= 15 is 0 Å². The molecule has 0 bridgehead atoms. The lowest BCUT2D eigenvalue weighted by Crippen LogP contribution is -2.66. The Morgan fingerprint density at radius 3 is 2.81 bits per heavy atom. The zero-order valence-electron chi connectivity index (χ0n) is 12.4. The fourth-order valence-electron chi connectivity index (χ4n) is 4.13. The SMILES string of the molecule is CN(c1ccc([N+](=O)[O-])cc1F)C1C2CCOC2C1(C)C. The number of hydrogen-bond donors (Lipinski definition) is 0. The number of hydrogen-bond acceptors (Lipinski definition) is 4. The fraction of sp³-hybridized carbons (Fsp3) is 0.600. The molecular formula is C15H19FN2O3. The van der Waals surface area contributed by atoms with Crippen molar-refractivity contribution in [1.82, 2.24) is 0 Å². The summed E-state index contributed by atoms with van der Waals surface area (Å²) in [5.74, 6) is -0.149. The number of rotatable bonds is 3. The average Bonchev–Trinajstić information content (AvgIpc) is 2.84. The monoisotopic (exact) mass is 294 g/mol. The van der Waals surface area contributed by atoms with Crippen LogP contribution in [0, 0.1) is 27.3 Å². The summed E-state index contributed by atoms with van der Waals surface area (Å²) in [6.45, 7) is 5.01. The molecule has 2 fully saturated rings. The van der Waals surface area contributed by atoms with E-state index in [4.69, 9.17) is 4.74 Å². The van der Waals surface area contributed by atoms with Gasteiger partial charge >= 0.3 is 0 Å². The van der Waals surface area contributed by atoms with Gasteiger partial charge in [0.1, 0.15) is 0 Å². The van der Waals surface area contributed by atoms with Crippen molar-refractivity contribution in [3.8, 4) is 0 Å². The van der Waals surface area contributed by atoms with Crippen LogP contribution in [-0.2, 0) is 4.74 Å². The number of ether oxygens (including phenoxy) is 1. The van der Waals surface area contributed by atoms with Gasteiger partial charge < -0.3 is 9.64 Å². The molecule has 0 aromatic heterocycles. The maximum Gasteiger partial charge on any atom is 0.272 e. The normalized spacial score (nSPS) is 29.6. The lowest BCUT2D eigenvalue weighted by Gasteiger charge is -2.58. The Morgan fingerprint density at radius 2 is 2.19 bits per heavy atom. The number of benzene rings is 1. The third kappa shape index (κ3) is 2.00. The minimum atomic E-state index is -0.582. The Balaban J connectivity index is 1.89. The van der Waals surface area contributed by atoms with Gasteiger partial charge in [-0.1, -0.05) is 13.8 Å². The number of anilines is 1. The first kappa shape index (κ1) is 14.3. The molecule has 0 amide bonds. The lowest BCUT2D eigenvalue weighted by atomic mass is 9.56. The third-order valence-electron chi connectivity index (χ3n) is 4.98. The second-order valence-electron chi connectivity index (χ2n) is 6.51. The summed E-state index contributed by atoms with van der Waals surface area (Å²) in [6.07, 6.45) is 1.21. The first-order chi connectivity index (χ1) is 9.84. The molecule has 1 heterocycles. The highest BCUT2D eigenvalue weighted by Crippen LogP contribution is 2.55. The maximum absolute atomic E-state index is 14.2. The van der Waals surface area contributed by atoms with Gasteiger partial charge in [0, 0.05) is 37.1 Å². The van der Waals surface area contributed by atoms with E-state index in [1.807, 2.05) is 11.9 Å². The van der Waals surface area contributed by atoms with Crippen molar-refractivity contribution in [1.29, 1.82) is 0 Å². The second-order valence-corrected chi connectivity index (χ2v) is 6.51. The molecular weight excluding hydrogens is 275 g/mol. The van der Waals surface area contributed by atoms with Crippen LogP contribution in [0.1, 0.15) is 20.3 Å². The van der Waals surface area contributed by atoms with Crippen LogP contribution >= 0.6 is 0 Å². The van der Waals surface area contributed by atoms with Crippen LogP contribution < -0.4 is 4.90 Å². The molecule has 0 N–H and O–H groups in total. The fourth-order valence-corrected chi connectivity index (χ4v) is 4.13. The number of halogens is 1. The Labute approximate surface area is 122 Å². The van der Waals surface area contributed by atoms with Crippen LogP contribution in [0.4, 0.5) is 15.8 Å². The molecule has 1 saturated carbocycles. The van der Waals surface area contributed by atoms with Crippen molar-refractivity contribution in [3.05, 3.63) is 34.1 Å². The van der Waals surface area contributed by atoms with Gasteiger partial charge in [0.25, 0.3) is 5.69 Å². The van der Waals surface area contributed by atoms with Gasteiger partial charge in [-0.05, 0) is 12.5 Å². The molecule has 6 heteroatoms. The van der Waals surface area contributed by atoms with Gasteiger partial charge in [-0.3, -0.25) is 10.1 Å². The van der Waals surface area contributed by atoms with Gasteiger partial charge in [-0.25, -0.2) is 4.39 Å². The Bertz CT molecular complexity index is 590. The zero-order chi connectivity index (χ0) is 15.4. The Morgan fingerprint density at radius 1 is 1.48 bits per heavy atom. The largest absolute Gasteiger partial charge is 0.377 e. The lowest BCUT2D eigenvalue weighted by molar-refractivity contribution is -0.385. The van der Waals surface area contributed by atoms with Crippen molar-refractivity contribution < 1.29 is 14.1 Å². The van der Waals surface area contributed by atoms with Gasteiger partial charge in [0.15, 0.2) is 5.82 Å². The number of non-ortho nitro benzene ring substituents is 1. The molecule has 5 nitrogen and oxygen atoms in total. The predicted octanol–water partition coefficient (Wildman–Crippen LogP) is 2.98. The number of nitro groups is 1. The van der Waals surface area contributed by atoms with Crippen LogP contribution in [0.15, 0.2) is 18.2 Å². The minimum Gasteiger partial charge on any atom is -0.377 e. The summed E-state index contributed by atoms with van der Waals surface area (Å²) in [7, 11) is 1.85. The van der Waals surface area contributed by atoms with E-state index in [0.29, 0.717) is 11.6 Å². The van der Waals surface area contributed by atoms with Crippen LogP contribution in [0.25, 0.3) is 0 Å². The molecule has 2 aliphatic rings. The quantitative estimate of drug-likeness (QED) is 0.635. The van der Waals surface area contributed by atoms with E-state index in [2.05, 4.69) is 13.8 Å². The minimum absolute atomic E-state index is 0.0515. The molecule has 1 aliphatic carbocycles. The van der Waals surface area contributed by atoms with Crippen LogP contribution in [-0.4, -0.2) is 30.7 Å². The molecule has 0 radical (unpaired) electrons. The average molecular weight is 294 g/mol. The maximum atomic E-state index is 14.2.